The van der Waals surface area contributed by atoms with Crippen molar-refractivity contribution in [2.75, 3.05) is 32.9 Å². The van der Waals surface area contributed by atoms with Crippen molar-refractivity contribution in [3.63, 3.8) is 0 Å². The maximum atomic E-state index is 13.5. The molecule has 1 N–H and O–H groups in total. The highest BCUT2D eigenvalue weighted by molar-refractivity contribution is 6.01. The molecule has 2 atom stereocenters. The predicted molar refractivity (Wildman–Crippen MR) is 150 cm³/mol. The van der Waals surface area contributed by atoms with Crippen molar-refractivity contribution in [3.05, 3.63) is 35.4 Å². The van der Waals surface area contributed by atoms with Gasteiger partial charge >= 0.3 is 18.2 Å². The number of carbonyl (C=O) groups excluding carboxylic acids is 3. The van der Waals surface area contributed by atoms with Crippen LogP contribution in [-0.4, -0.2) is 89.3 Å². The largest absolute Gasteiger partial charge is 0.494 e. The molecule has 2 aliphatic heterocycles. The maximum Gasteiger partial charge on any atom is 0.411 e. The predicted octanol–water partition coefficient (Wildman–Crippen LogP) is 4.78. The third-order valence-electron chi connectivity index (χ3n) is 6.41. The Labute approximate surface area is 237 Å². The van der Waals surface area contributed by atoms with E-state index in [0.29, 0.717) is 37.2 Å². The van der Waals surface area contributed by atoms with Crippen molar-refractivity contribution in [1.29, 1.82) is 0 Å². The maximum absolute atomic E-state index is 13.5. The highest BCUT2D eigenvalue weighted by atomic mass is 16.6. The van der Waals surface area contributed by atoms with Gasteiger partial charge in [-0.05, 0) is 91.0 Å². The standard InChI is InChI=1S/C30H44N2O8/c1-8-37-26(34)25-23(20-12-11-13-22(16-20)38-15-10-9-14-33)17-21-18-31(27(35)39-29(2,3)4)19-24(25)32(21)28(36)40-30(5,6)7/h11-13,16,21,24,33H,8-10,14-15,17-19H2,1-7H3. The van der Waals surface area contributed by atoms with Gasteiger partial charge in [0.05, 0.1) is 30.9 Å². The summed E-state index contributed by atoms with van der Waals surface area (Å²) in [5.74, 6) is 0.0936. The number of amides is 2. The molecule has 0 spiro atoms. The van der Waals surface area contributed by atoms with Crippen molar-refractivity contribution in [1.82, 2.24) is 9.80 Å². The topological polar surface area (TPSA) is 115 Å². The van der Waals surface area contributed by atoms with Gasteiger partial charge in [0, 0.05) is 19.7 Å². The minimum atomic E-state index is -0.793. The molecule has 1 saturated heterocycles. The van der Waals surface area contributed by atoms with Crippen LogP contribution in [0.2, 0.25) is 0 Å². The van der Waals surface area contributed by atoms with Crippen LogP contribution < -0.4 is 4.74 Å². The zero-order valence-electron chi connectivity index (χ0n) is 24.8. The lowest BCUT2D eigenvalue weighted by Gasteiger charge is -2.50. The van der Waals surface area contributed by atoms with E-state index in [1.165, 1.54) is 0 Å². The lowest BCUT2D eigenvalue weighted by Crippen LogP contribution is -2.65. The van der Waals surface area contributed by atoms with Crippen molar-refractivity contribution in [2.45, 2.75) is 91.0 Å². The minimum absolute atomic E-state index is 0.0552. The second-order valence-corrected chi connectivity index (χ2v) is 12.1. The average Bonchev–Trinajstić information content (AvgIpc) is 2.83. The first-order valence-corrected chi connectivity index (χ1v) is 14.0. The van der Waals surface area contributed by atoms with Gasteiger partial charge in [0.25, 0.3) is 0 Å². The lowest BCUT2D eigenvalue weighted by atomic mass is 9.82. The number of hydrogen-bond donors (Lipinski definition) is 1. The quantitative estimate of drug-likeness (QED) is 0.274. The van der Waals surface area contributed by atoms with Gasteiger partial charge in [-0.3, -0.25) is 4.90 Å². The van der Waals surface area contributed by atoms with E-state index in [4.69, 9.17) is 24.1 Å². The molecule has 2 bridgehead atoms. The van der Waals surface area contributed by atoms with Crippen LogP contribution in [0.5, 0.6) is 5.75 Å². The van der Waals surface area contributed by atoms with Crippen molar-refractivity contribution >= 4 is 23.7 Å². The van der Waals surface area contributed by atoms with Gasteiger partial charge in [0.15, 0.2) is 0 Å². The molecule has 0 radical (unpaired) electrons. The summed E-state index contributed by atoms with van der Waals surface area (Å²) in [6.45, 7) is 13.5. The van der Waals surface area contributed by atoms with E-state index in [-0.39, 0.29) is 26.3 Å². The van der Waals surface area contributed by atoms with Crippen molar-refractivity contribution < 1.29 is 38.4 Å². The Balaban J connectivity index is 2.07. The second-order valence-electron chi connectivity index (χ2n) is 12.1. The highest BCUT2D eigenvalue weighted by Crippen LogP contribution is 2.40. The first-order valence-electron chi connectivity index (χ1n) is 14.0. The normalized spacial score (nSPS) is 19.3. The summed E-state index contributed by atoms with van der Waals surface area (Å²) in [6.07, 6.45) is 0.615. The summed E-state index contributed by atoms with van der Waals surface area (Å²) in [7, 11) is 0. The summed E-state index contributed by atoms with van der Waals surface area (Å²) in [4.78, 5) is 43.2. The Bertz CT molecular complexity index is 1100. The van der Waals surface area contributed by atoms with Gasteiger partial charge in [-0.15, -0.1) is 0 Å². The molecule has 1 aromatic carbocycles. The number of esters is 1. The van der Waals surface area contributed by atoms with Gasteiger partial charge in [-0.2, -0.15) is 0 Å². The summed E-state index contributed by atoms with van der Waals surface area (Å²) >= 11 is 0. The number of hydrogen-bond acceptors (Lipinski definition) is 8. The fourth-order valence-corrected chi connectivity index (χ4v) is 4.89. The number of carbonyl (C=O) groups is 3. The Morgan fingerprint density at radius 3 is 2.27 bits per heavy atom. The molecule has 0 saturated carbocycles. The molecule has 222 valence electrons. The Morgan fingerprint density at radius 2 is 1.65 bits per heavy atom. The van der Waals surface area contributed by atoms with E-state index < -0.39 is 41.4 Å². The van der Waals surface area contributed by atoms with E-state index in [1.807, 2.05) is 24.3 Å². The average molecular weight is 561 g/mol. The van der Waals surface area contributed by atoms with Crippen molar-refractivity contribution in [2.24, 2.45) is 0 Å². The van der Waals surface area contributed by atoms with Crippen LogP contribution in [0.3, 0.4) is 0 Å². The number of aliphatic hydroxyl groups excluding tert-OH is 1. The van der Waals surface area contributed by atoms with Crippen LogP contribution in [0.25, 0.3) is 5.57 Å². The smallest absolute Gasteiger partial charge is 0.411 e. The number of ether oxygens (including phenoxy) is 4. The summed E-state index contributed by atoms with van der Waals surface area (Å²) in [6, 6.07) is 6.22. The second kappa shape index (κ2) is 12.9. The first-order chi connectivity index (χ1) is 18.7. The van der Waals surface area contributed by atoms with E-state index in [9.17, 15) is 14.4 Å². The number of unbranched alkanes of at least 4 members (excludes halogenated alkanes) is 1. The number of benzene rings is 1. The van der Waals surface area contributed by atoms with Crippen LogP contribution in [-0.2, 0) is 19.0 Å². The summed E-state index contributed by atoms with van der Waals surface area (Å²) in [5, 5.41) is 9.04. The number of nitrogens with zero attached hydrogens (tertiary/aromatic N) is 2. The van der Waals surface area contributed by atoms with Gasteiger partial charge in [-0.1, -0.05) is 12.1 Å². The van der Waals surface area contributed by atoms with Crippen LogP contribution >= 0.6 is 0 Å². The van der Waals surface area contributed by atoms with E-state index in [0.717, 1.165) is 11.1 Å². The number of rotatable bonds is 8. The lowest BCUT2D eigenvalue weighted by molar-refractivity contribution is -0.140. The molecule has 40 heavy (non-hydrogen) atoms. The minimum Gasteiger partial charge on any atom is -0.494 e. The molecule has 1 fully saturated rings. The summed E-state index contributed by atoms with van der Waals surface area (Å²) in [5.41, 5.74) is 0.406. The van der Waals surface area contributed by atoms with Crippen LogP contribution in [0.15, 0.2) is 29.8 Å². The van der Waals surface area contributed by atoms with Crippen molar-refractivity contribution in [3.8, 4) is 5.75 Å². The number of fused-ring (bicyclic) bond motifs is 2. The zero-order valence-corrected chi connectivity index (χ0v) is 24.8. The molecule has 2 heterocycles. The monoisotopic (exact) mass is 560 g/mol. The molecular weight excluding hydrogens is 516 g/mol. The molecule has 2 unspecified atom stereocenters. The van der Waals surface area contributed by atoms with E-state index in [1.54, 1.807) is 58.3 Å². The molecule has 3 rings (SSSR count). The summed E-state index contributed by atoms with van der Waals surface area (Å²) < 4.78 is 22.7. The Morgan fingerprint density at radius 1 is 0.975 bits per heavy atom. The van der Waals surface area contributed by atoms with Gasteiger partial charge in [0.1, 0.15) is 17.0 Å². The molecule has 2 aliphatic rings. The van der Waals surface area contributed by atoms with E-state index >= 15 is 0 Å². The van der Waals surface area contributed by atoms with Gasteiger partial charge in [-0.25, -0.2) is 14.4 Å². The molecule has 0 aromatic heterocycles. The number of piperazine rings is 1. The fraction of sp³-hybridized carbons (Fsp3) is 0.633. The Hall–Kier alpha value is -3.27. The van der Waals surface area contributed by atoms with Gasteiger partial charge < -0.3 is 29.0 Å². The Kier molecular flexibility index (Phi) is 10.1. The first kappa shape index (κ1) is 31.3. The molecule has 10 nitrogen and oxygen atoms in total. The third kappa shape index (κ3) is 8.13. The molecule has 10 heteroatoms. The molecular formula is C30H44N2O8. The van der Waals surface area contributed by atoms with Gasteiger partial charge in [0.2, 0.25) is 0 Å². The number of aliphatic hydroxyl groups is 1. The molecule has 0 aliphatic carbocycles. The third-order valence-corrected chi connectivity index (χ3v) is 6.41. The molecule has 2 amide bonds. The van der Waals surface area contributed by atoms with Crippen LogP contribution in [0.1, 0.15) is 73.3 Å². The fourth-order valence-electron chi connectivity index (χ4n) is 4.89. The highest BCUT2D eigenvalue weighted by Gasteiger charge is 2.49. The van der Waals surface area contributed by atoms with Crippen LogP contribution in [0.4, 0.5) is 9.59 Å². The SMILES string of the molecule is CCOC(=O)C1=C(c2cccc(OCCCCO)c2)CC2CN(C(=O)OC(C)(C)C)CC1N2C(=O)OC(C)(C)C. The molecule has 1 aromatic rings. The van der Waals surface area contributed by atoms with E-state index in [2.05, 4.69) is 0 Å². The van der Waals surface area contributed by atoms with Crippen LogP contribution in [0, 0.1) is 0 Å². The zero-order chi connectivity index (χ0) is 29.7.